The van der Waals surface area contributed by atoms with Crippen LogP contribution in [0.2, 0.25) is 0 Å². The maximum Gasteiger partial charge on any atom is 0.308 e. The van der Waals surface area contributed by atoms with E-state index < -0.39 is 11.9 Å². The van der Waals surface area contributed by atoms with E-state index in [0.717, 1.165) is 0 Å². The molecule has 37 heavy (non-hydrogen) atoms. The van der Waals surface area contributed by atoms with Crippen LogP contribution < -0.4 is 14.8 Å². The summed E-state index contributed by atoms with van der Waals surface area (Å²) in [5.41, 5.74) is 1.21. The van der Waals surface area contributed by atoms with Crippen molar-refractivity contribution in [2.24, 2.45) is 0 Å². The molecule has 1 saturated heterocycles. The average Bonchev–Trinajstić information content (AvgIpc) is 2.92. The quantitative estimate of drug-likeness (QED) is 0.286. The number of para-hydroxylation sites is 2. The van der Waals surface area contributed by atoms with Gasteiger partial charge in [-0.3, -0.25) is 19.2 Å². The summed E-state index contributed by atoms with van der Waals surface area (Å²) in [7, 11) is 0. The second-order valence-corrected chi connectivity index (χ2v) is 8.67. The van der Waals surface area contributed by atoms with Crippen molar-refractivity contribution in [1.82, 2.24) is 10.2 Å². The summed E-state index contributed by atoms with van der Waals surface area (Å²) in [6.07, 6.45) is 0.959. The van der Waals surface area contributed by atoms with E-state index in [1.54, 1.807) is 77.7 Å². The van der Waals surface area contributed by atoms with Crippen molar-refractivity contribution < 1.29 is 28.7 Å². The third-order valence-electron chi connectivity index (χ3n) is 6.03. The standard InChI is InChI=1S/C29H28N2O6/c1-20(32)36-27-14-8-6-12-24(27)29(35)31-17-15-22(16-18-31)37-26-13-7-5-11-23(26)28(34)30-19-25(33)21-9-3-2-4-10-21/h2-14,22H,15-19H2,1H3,(H,30,34). The van der Waals surface area contributed by atoms with Gasteiger partial charge in [0.15, 0.2) is 5.78 Å². The van der Waals surface area contributed by atoms with E-state index in [1.165, 1.54) is 6.92 Å². The molecule has 8 nitrogen and oxygen atoms in total. The molecular weight excluding hydrogens is 472 g/mol. The van der Waals surface area contributed by atoms with Gasteiger partial charge < -0.3 is 19.7 Å². The molecule has 0 radical (unpaired) electrons. The van der Waals surface area contributed by atoms with Gasteiger partial charge in [-0.15, -0.1) is 0 Å². The summed E-state index contributed by atoms with van der Waals surface area (Å²) in [6, 6.07) is 22.4. The normalized spacial score (nSPS) is 13.5. The van der Waals surface area contributed by atoms with E-state index in [-0.39, 0.29) is 30.1 Å². The summed E-state index contributed by atoms with van der Waals surface area (Å²) < 4.78 is 11.3. The zero-order chi connectivity index (χ0) is 26.2. The number of esters is 1. The Hall–Kier alpha value is -4.46. The molecule has 0 aliphatic carbocycles. The van der Waals surface area contributed by atoms with Gasteiger partial charge in [0.1, 0.15) is 17.6 Å². The van der Waals surface area contributed by atoms with Gasteiger partial charge in [0.25, 0.3) is 11.8 Å². The van der Waals surface area contributed by atoms with Gasteiger partial charge in [0, 0.05) is 38.4 Å². The number of Topliss-reactive ketones (excluding diaryl/α,β-unsaturated/α-hetero) is 1. The van der Waals surface area contributed by atoms with E-state index in [4.69, 9.17) is 9.47 Å². The van der Waals surface area contributed by atoms with E-state index in [2.05, 4.69) is 5.32 Å². The smallest absolute Gasteiger partial charge is 0.308 e. The van der Waals surface area contributed by atoms with Crippen LogP contribution >= 0.6 is 0 Å². The molecule has 8 heteroatoms. The van der Waals surface area contributed by atoms with Crippen molar-refractivity contribution in [3.63, 3.8) is 0 Å². The average molecular weight is 501 g/mol. The molecule has 0 bridgehead atoms. The van der Waals surface area contributed by atoms with Crippen molar-refractivity contribution in [2.75, 3.05) is 19.6 Å². The van der Waals surface area contributed by atoms with Crippen molar-refractivity contribution in [1.29, 1.82) is 0 Å². The highest BCUT2D eigenvalue weighted by atomic mass is 16.5. The maximum atomic E-state index is 13.1. The molecule has 1 fully saturated rings. The first-order chi connectivity index (χ1) is 17.9. The minimum Gasteiger partial charge on any atom is -0.489 e. The largest absolute Gasteiger partial charge is 0.489 e. The lowest BCUT2D eigenvalue weighted by atomic mass is 10.1. The van der Waals surface area contributed by atoms with Crippen LogP contribution in [0.25, 0.3) is 0 Å². The number of nitrogens with one attached hydrogen (secondary N) is 1. The van der Waals surface area contributed by atoms with Gasteiger partial charge in [-0.2, -0.15) is 0 Å². The minimum atomic E-state index is -0.487. The molecule has 2 amide bonds. The fourth-order valence-electron chi connectivity index (χ4n) is 4.15. The lowest BCUT2D eigenvalue weighted by molar-refractivity contribution is -0.131. The summed E-state index contributed by atoms with van der Waals surface area (Å²) in [6.45, 7) is 2.09. The zero-order valence-corrected chi connectivity index (χ0v) is 20.5. The van der Waals surface area contributed by atoms with Crippen LogP contribution in [0, 0.1) is 0 Å². The molecule has 4 rings (SSSR count). The van der Waals surface area contributed by atoms with Gasteiger partial charge >= 0.3 is 5.97 Å². The highest BCUT2D eigenvalue weighted by molar-refractivity contribution is 6.03. The molecule has 1 aliphatic heterocycles. The predicted molar refractivity (Wildman–Crippen MR) is 137 cm³/mol. The van der Waals surface area contributed by atoms with Crippen LogP contribution in [0.15, 0.2) is 78.9 Å². The molecule has 3 aromatic rings. The van der Waals surface area contributed by atoms with E-state index in [0.29, 0.717) is 48.4 Å². The van der Waals surface area contributed by atoms with Gasteiger partial charge in [0.2, 0.25) is 0 Å². The number of piperidine rings is 1. The number of hydrogen-bond acceptors (Lipinski definition) is 6. The van der Waals surface area contributed by atoms with Crippen molar-refractivity contribution in [3.05, 3.63) is 95.6 Å². The molecular formula is C29H28N2O6. The summed E-state index contributed by atoms with van der Waals surface area (Å²) in [5.74, 6) is -0.604. The number of carbonyl (C=O) groups is 4. The number of nitrogens with zero attached hydrogens (tertiary/aromatic N) is 1. The monoisotopic (exact) mass is 500 g/mol. The highest BCUT2D eigenvalue weighted by Gasteiger charge is 2.27. The Morgan fingerprint density at radius 1 is 0.811 bits per heavy atom. The van der Waals surface area contributed by atoms with Crippen molar-refractivity contribution in [3.8, 4) is 11.5 Å². The van der Waals surface area contributed by atoms with E-state index in [1.807, 2.05) is 6.07 Å². The Balaban J connectivity index is 1.34. The van der Waals surface area contributed by atoms with Crippen molar-refractivity contribution in [2.45, 2.75) is 25.9 Å². The SMILES string of the molecule is CC(=O)Oc1ccccc1C(=O)N1CCC(Oc2ccccc2C(=O)NCC(=O)c2ccccc2)CC1. The van der Waals surface area contributed by atoms with Crippen LogP contribution in [-0.4, -0.2) is 54.2 Å². The Morgan fingerprint density at radius 3 is 2.08 bits per heavy atom. The number of likely N-dealkylation sites (tertiary alicyclic amines) is 1. The minimum absolute atomic E-state index is 0.119. The van der Waals surface area contributed by atoms with Gasteiger partial charge in [-0.05, 0) is 24.3 Å². The third kappa shape index (κ3) is 6.61. The molecule has 1 heterocycles. The molecule has 0 spiro atoms. The maximum absolute atomic E-state index is 13.1. The lowest BCUT2D eigenvalue weighted by Gasteiger charge is -2.32. The van der Waals surface area contributed by atoms with Crippen molar-refractivity contribution >= 4 is 23.6 Å². The van der Waals surface area contributed by atoms with Gasteiger partial charge in [-0.25, -0.2) is 0 Å². The second kappa shape index (κ2) is 12.0. The van der Waals surface area contributed by atoms with Crippen LogP contribution in [0.1, 0.15) is 50.8 Å². The Kier molecular flexibility index (Phi) is 8.30. The molecule has 3 aromatic carbocycles. The fraction of sp³-hybridized carbons (Fsp3) is 0.241. The molecule has 0 atom stereocenters. The number of carbonyl (C=O) groups excluding carboxylic acids is 4. The van der Waals surface area contributed by atoms with Crippen LogP contribution in [0.3, 0.4) is 0 Å². The molecule has 190 valence electrons. The highest BCUT2D eigenvalue weighted by Crippen LogP contribution is 2.26. The van der Waals surface area contributed by atoms with E-state index in [9.17, 15) is 19.2 Å². The number of ketones is 1. The number of rotatable bonds is 8. The topological polar surface area (TPSA) is 102 Å². The van der Waals surface area contributed by atoms with Crippen LogP contribution in [-0.2, 0) is 4.79 Å². The van der Waals surface area contributed by atoms with E-state index >= 15 is 0 Å². The second-order valence-electron chi connectivity index (χ2n) is 8.67. The predicted octanol–water partition coefficient (Wildman–Crippen LogP) is 3.91. The fourth-order valence-corrected chi connectivity index (χ4v) is 4.15. The summed E-state index contributed by atoms with van der Waals surface area (Å²) in [4.78, 5) is 51.3. The molecule has 0 saturated carbocycles. The number of amides is 2. The molecule has 1 aliphatic rings. The Bertz CT molecular complexity index is 1280. The first-order valence-corrected chi connectivity index (χ1v) is 12.1. The number of ether oxygens (including phenoxy) is 2. The van der Waals surface area contributed by atoms with Crippen LogP contribution in [0.5, 0.6) is 11.5 Å². The summed E-state index contributed by atoms with van der Waals surface area (Å²) >= 11 is 0. The van der Waals surface area contributed by atoms with Crippen LogP contribution in [0.4, 0.5) is 0 Å². The van der Waals surface area contributed by atoms with Gasteiger partial charge in [0.05, 0.1) is 17.7 Å². The number of benzene rings is 3. The first kappa shape index (κ1) is 25.6. The summed E-state index contributed by atoms with van der Waals surface area (Å²) in [5, 5.41) is 2.68. The lowest BCUT2D eigenvalue weighted by Crippen LogP contribution is -2.42. The Morgan fingerprint density at radius 2 is 1.41 bits per heavy atom. The first-order valence-electron chi connectivity index (χ1n) is 12.1. The molecule has 1 N–H and O–H groups in total. The third-order valence-corrected chi connectivity index (χ3v) is 6.03. The Labute approximate surface area is 215 Å². The zero-order valence-electron chi connectivity index (χ0n) is 20.5. The molecule has 0 unspecified atom stereocenters. The number of hydrogen-bond donors (Lipinski definition) is 1. The molecule has 0 aromatic heterocycles. The van der Waals surface area contributed by atoms with Gasteiger partial charge in [-0.1, -0.05) is 54.6 Å².